The summed E-state index contributed by atoms with van der Waals surface area (Å²) in [5.74, 6) is -0.926. The highest BCUT2D eigenvalue weighted by Crippen LogP contribution is 2.63. The van der Waals surface area contributed by atoms with Crippen LogP contribution < -0.4 is 0 Å². The van der Waals surface area contributed by atoms with Crippen molar-refractivity contribution in [3.63, 3.8) is 0 Å². The van der Waals surface area contributed by atoms with Crippen LogP contribution >= 0.6 is 0 Å². The maximum Gasteiger partial charge on any atom is 0.328 e. The minimum absolute atomic E-state index is 0.0733. The number of allylic oxidation sites excluding steroid dienone is 7. The first-order valence-corrected chi connectivity index (χ1v) is 7.95. The highest BCUT2D eigenvalue weighted by Gasteiger charge is 2.71. The van der Waals surface area contributed by atoms with Crippen molar-refractivity contribution < 1.29 is 14.6 Å². The number of ether oxygens (including phenoxy) is 1. The molecule has 0 spiro atoms. The van der Waals surface area contributed by atoms with E-state index in [2.05, 4.69) is 45.1 Å². The Morgan fingerprint density at radius 3 is 2.48 bits per heavy atom. The molecule has 23 heavy (non-hydrogen) atoms. The van der Waals surface area contributed by atoms with Crippen LogP contribution in [-0.4, -0.2) is 22.3 Å². The average molecular weight is 314 g/mol. The van der Waals surface area contributed by atoms with Gasteiger partial charge in [0.25, 0.3) is 0 Å². The third-order valence-corrected chi connectivity index (χ3v) is 4.79. The summed E-state index contributed by atoms with van der Waals surface area (Å²) >= 11 is 0. The largest absolute Gasteiger partial charge is 0.478 e. The van der Waals surface area contributed by atoms with Crippen LogP contribution in [0.25, 0.3) is 0 Å². The van der Waals surface area contributed by atoms with Gasteiger partial charge in [-0.25, -0.2) is 4.79 Å². The number of hydrogen-bond acceptors (Lipinski definition) is 2. The molecular formula is C20H26O3. The van der Waals surface area contributed by atoms with E-state index >= 15 is 0 Å². The summed E-state index contributed by atoms with van der Waals surface area (Å²) < 4.78 is 6.11. The van der Waals surface area contributed by atoms with E-state index in [0.29, 0.717) is 5.57 Å². The van der Waals surface area contributed by atoms with Crippen molar-refractivity contribution in [3.8, 4) is 0 Å². The van der Waals surface area contributed by atoms with Gasteiger partial charge in [-0.1, -0.05) is 55.9 Å². The molecule has 1 heterocycles. The van der Waals surface area contributed by atoms with E-state index in [1.807, 2.05) is 19.1 Å². The SMILES string of the molecule is CC(=C/C=C/C(C)=C/C(=O)O)/C=C/C12OC1(C)C=CCC2(C)C. The van der Waals surface area contributed by atoms with Crippen LogP contribution in [0.3, 0.4) is 0 Å². The second-order valence-electron chi connectivity index (χ2n) is 7.26. The van der Waals surface area contributed by atoms with Gasteiger partial charge in [0.1, 0.15) is 11.2 Å². The monoisotopic (exact) mass is 314 g/mol. The lowest BCUT2D eigenvalue weighted by Crippen LogP contribution is -2.38. The molecule has 1 saturated heterocycles. The predicted octanol–water partition coefficient (Wildman–Crippen LogP) is 4.59. The third kappa shape index (κ3) is 3.40. The normalized spacial score (nSPS) is 33.3. The van der Waals surface area contributed by atoms with Crippen molar-refractivity contribution in [2.75, 3.05) is 0 Å². The molecule has 0 aromatic heterocycles. The van der Waals surface area contributed by atoms with Crippen LogP contribution in [0.15, 0.2) is 59.8 Å². The van der Waals surface area contributed by atoms with Crippen LogP contribution in [-0.2, 0) is 9.53 Å². The average Bonchev–Trinajstić information content (AvgIpc) is 3.03. The smallest absolute Gasteiger partial charge is 0.328 e. The standard InChI is InChI=1S/C20H26O3/c1-15(8-6-9-16(2)14-17(21)22)10-13-20-18(3,4)11-7-12-19(20,5)23-20/h6-10,12-14H,11H2,1-5H3,(H,21,22)/b9-6+,13-10+,15-8-,16-14+. The number of rotatable bonds is 5. The van der Waals surface area contributed by atoms with Crippen molar-refractivity contribution in [2.24, 2.45) is 5.41 Å². The number of hydrogen-bond donors (Lipinski definition) is 1. The van der Waals surface area contributed by atoms with E-state index in [4.69, 9.17) is 9.84 Å². The van der Waals surface area contributed by atoms with E-state index in [1.165, 1.54) is 6.08 Å². The highest BCUT2D eigenvalue weighted by atomic mass is 16.6. The number of aliphatic carboxylic acids is 1. The van der Waals surface area contributed by atoms with Gasteiger partial charge in [0.15, 0.2) is 0 Å². The maximum atomic E-state index is 10.6. The molecular weight excluding hydrogens is 288 g/mol. The van der Waals surface area contributed by atoms with Gasteiger partial charge in [0.2, 0.25) is 0 Å². The maximum absolute atomic E-state index is 10.6. The lowest BCUT2D eigenvalue weighted by atomic mass is 9.67. The van der Waals surface area contributed by atoms with E-state index in [0.717, 1.165) is 12.0 Å². The predicted molar refractivity (Wildman–Crippen MR) is 93.2 cm³/mol. The molecule has 0 amide bonds. The van der Waals surface area contributed by atoms with Crippen molar-refractivity contribution in [1.29, 1.82) is 0 Å². The Hall–Kier alpha value is -1.87. The van der Waals surface area contributed by atoms with Gasteiger partial charge in [0, 0.05) is 11.5 Å². The Morgan fingerprint density at radius 1 is 1.17 bits per heavy atom. The molecule has 0 radical (unpaired) electrons. The first-order valence-electron chi connectivity index (χ1n) is 7.95. The number of carboxylic acid groups (broad SMARTS) is 1. The van der Waals surface area contributed by atoms with Crippen LogP contribution in [0.2, 0.25) is 0 Å². The van der Waals surface area contributed by atoms with Gasteiger partial charge >= 0.3 is 5.97 Å². The number of carboxylic acids is 1. The molecule has 124 valence electrons. The first kappa shape index (κ1) is 17.5. The Bertz CT molecular complexity index is 646. The summed E-state index contributed by atoms with van der Waals surface area (Å²) in [7, 11) is 0. The zero-order chi connectivity index (χ0) is 17.3. The molecule has 2 aliphatic rings. The zero-order valence-electron chi connectivity index (χ0n) is 14.6. The Labute approximate surface area is 138 Å². The third-order valence-electron chi connectivity index (χ3n) is 4.79. The van der Waals surface area contributed by atoms with Crippen molar-refractivity contribution >= 4 is 5.97 Å². The highest BCUT2D eigenvalue weighted by molar-refractivity contribution is 5.81. The zero-order valence-corrected chi connectivity index (χ0v) is 14.6. The molecule has 0 aromatic carbocycles. The fraction of sp³-hybridized carbons (Fsp3) is 0.450. The van der Waals surface area contributed by atoms with E-state index in [9.17, 15) is 4.79 Å². The lowest BCUT2D eigenvalue weighted by molar-refractivity contribution is -0.131. The van der Waals surface area contributed by atoms with Crippen LogP contribution in [0.5, 0.6) is 0 Å². The molecule has 1 aliphatic carbocycles. The second-order valence-corrected chi connectivity index (χ2v) is 7.26. The Balaban J connectivity index is 2.09. The summed E-state index contributed by atoms with van der Waals surface area (Å²) in [5.41, 5.74) is 1.46. The quantitative estimate of drug-likeness (QED) is 0.349. The van der Waals surface area contributed by atoms with Crippen LogP contribution in [0.1, 0.15) is 41.0 Å². The fourth-order valence-corrected chi connectivity index (χ4v) is 3.33. The molecule has 2 atom stereocenters. The molecule has 1 N–H and O–H groups in total. The summed E-state index contributed by atoms with van der Waals surface area (Å²) in [4.78, 5) is 10.6. The molecule has 3 nitrogen and oxygen atoms in total. The van der Waals surface area contributed by atoms with Gasteiger partial charge in [-0.3, -0.25) is 0 Å². The Kier molecular flexibility index (Phi) is 4.54. The Morgan fingerprint density at radius 2 is 1.87 bits per heavy atom. The van der Waals surface area contributed by atoms with Crippen LogP contribution in [0, 0.1) is 5.41 Å². The van der Waals surface area contributed by atoms with Gasteiger partial charge in [0.05, 0.1) is 0 Å². The molecule has 1 aliphatic heterocycles. The minimum atomic E-state index is -0.926. The molecule has 2 rings (SSSR count). The second kappa shape index (κ2) is 5.97. The molecule has 0 aromatic rings. The topological polar surface area (TPSA) is 49.8 Å². The van der Waals surface area contributed by atoms with Crippen LogP contribution in [0.4, 0.5) is 0 Å². The number of fused-ring (bicyclic) bond motifs is 1. The number of carbonyl (C=O) groups is 1. The van der Waals surface area contributed by atoms with E-state index in [-0.39, 0.29) is 16.6 Å². The van der Waals surface area contributed by atoms with E-state index in [1.54, 1.807) is 13.0 Å². The van der Waals surface area contributed by atoms with Gasteiger partial charge < -0.3 is 9.84 Å². The van der Waals surface area contributed by atoms with Gasteiger partial charge in [-0.15, -0.1) is 0 Å². The fourth-order valence-electron chi connectivity index (χ4n) is 3.33. The summed E-state index contributed by atoms with van der Waals surface area (Å²) in [6.07, 6.45) is 16.5. The molecule has 1 fully saturated rings. The molecule has 0 saturated carbocycles. The van der Waals surface area contributed by atoms with Crippen molar-refractivity contribution in [1.82, 2.24) is 0 Å². The number of epoxide rings is 1. The van der Waals surface area contributed by atoms with Crippen molar-refractivity contribution in [3.05, 3.63) is 59.8 Å². The molecule has 0 bridgehead atoms. The minimum Gasteiger partial charge on any atom is -0.478 e. The summed E-state index contributed by atoms with van der Waals surface area (Å²) in [6, 6.07) is 0. The van der Waals surface area contributed by atoms with E-state index < -0.39 is 5.97 Å². The van der Waals surface area contributed by atoms with Crippen molar-refractivity contribution in [2.45, 2.75) is 52.2 Å². The summed E-state index contributed by atoms with van der Waals surface area (Å²) in [6.45, 7) is 10.4. The molecule has 3 heteroatoms. The lowest BCUT2D eigenvalue weighted by Gasteiger charge is -2.33. The van der Waals surface area contributed by atoms with Gasteiger partial charge in [-0.05, 0) is 38.8 Å². The molecule has 2 unspecified atom stereocenters. The summed E-state index contributed by atoms with van der Waals surface area (Å²) in [5, 5.41) is 8.67. The van der Waals surface area contributed by atoms with Gasteiger partial charge in [-0.2, -0.15) is 0 Å². The first-order chi connectivity index (χ1) is 10.6.